The van der Waals surface area contributed by atoms with Crippen LogP contribution in [0, 0.1) is 0 Å². The van der Waals surface area contributed by atoms with Gasteiger partial charge in [0, 0.05) is 16.5 Å². The van der Waals surface area contributed by atoms with Gasteiger partial charge in [0.25, 0.3) is 5.91 Å². The molecule has 0 unspecified atom stereocenters. The largest absolute Gasteiger partial charge is 0.497 e. The van der Waals surface area contributed by atoms with Gasteiger partial charge in [-0.25, -0.2) is 4.98 Å². The third-order valence-corrected chi connectivity index (χ3v) is 4.94. The number of para-hydroxylation sites is 1. The number of anilines is 1. The molecule has 0 atom stereocenters. The number of thiazole rings is 1. The number of amides is 1. The molecule has 0 bridgehead atoms. The van der Waals surface area contributed by atoms with E-state index in [1.54, 1.807) is 25.3 Å². The van der Waals surface area contributed by atoms with Crippen LogP contribution in [0.4, 0.5) is 5.13 Å². The molecule has 0 saturated carbocycles. The zero-order valence-electron chi connectivity index (χ0n) is 15.7. The lowest BCUT2D eigenvalue weighted by atomic mass is 10.2. The van der Waals surface area contributed by atoms with E-state index in [2.05, 4.69) is 10.3 Å². The van der Waals surface area contributed by atoms with Crippen LogP contribution < -0.4 is 14.8 Å². The molecule has 5 nitrogen and oxygen atoms in total. The second kappa shape index (κ2) is 8.58. The van der Waals surface area contributed by atoms with Crippen molar-refractivity contribution in [2.75, 3.05) is 12.4 Å². The lowest BCUT2D eigenvalue weighted by Crippen LogP contribution is -2.11. The topological polar surface area (TPSA) is 60.5 Å². The summed E-state index contributed by atoms with van der Waals surface area (Å²) in [5, 5.41) is 5.30. The summed E-state index contributed by atoms with van der Waals surface area (Å²) in [6.45, 7) is 0. The zero-order chi connectivity index (χ0) is 20.1. The number of hydrogen-bond acceptors (Lipinski definition) is 5. The molecule has 0 radical (unpaired) electrons. The molecule has 1 amide bonds. The molecular weight excluding hydrogens is 384 g/mol. The summed E-state index contributed by atoms with van der Waals surface area (Å²) in [7, 11) is 1.63. The van der Waals surface area contributed by atoms with E-state index in [9.17, 15) is 4.79 Å². The average molecular weight is 402 g/mol. The van der Waals surface area contributed by atoms with Crippen molar-refractivity contribution < 1.29 is 14.3 Å². The van der Waals surface area contributed by atoms with Crippen molar-refractivity contribution >= 4 is 22.4 Å². The van der Waals surface area contributed by atoms with E-state index >= 15 is 0 Å². The molecule has 6 heteroatoms. The summed E-state index contributed by atoms with van der Waals surface area (Å²) >= 11 is 1.38. The molecule has 4 rings (SSSR count). The van der Waals surface area contributed by atoms with Gasteiger partial charge in [0.15, 0.2) is 5.13 Å². The van der Waals surface area contributed by atoms with Crippen LogP contribution in [0.5, 0.6) is 17.2 Å². The van der Waals surface area contributed by atoms with E-state index in [1.165, 1.54) is 11.3 Å². The van der Waals surface area contributed by atoms with Gasteiger partial charge in [-0.3, -0.25) is 10.1 Å². The number of aromatic nitrogens is 1. The Hall–Kier alpha value is -3.64. The molecule has 1 aromatic heterocycles. The standard InChI is InChI=1S/C23H18N2O3S/c1-27-18-12-10-16(11-13-18)21-15-29-23(24-21)25-22(26)17-6-5-9-20(14-17)28-19-7-3-2-4-8-19/h2-15H,1H3,(H,24,25,26). The third-order valence-electron chi connectivity index (χ3n) is 4.19. The van der Waals surface area contributed by atoms with E-state index in [-0.39, 0.29) is 5.91 Å². The van der Waals surface area contributed by atoms with Crippen LogP contribution in [0.3, 0.4) is 0 Å². The van der Waals surface area contributed by atoms with E-state index in [0.717, 1.165) is 17.0 Å². The molecule has 0 aliphatic carbocycles. The molecule has 4 aromatic rings. The Morgan fingerprint density at radius 3 is 2.41 bits per heavy atom. The number of carbonyl (C=O) groups excluding carboxylic acids is 1. The number of ether oxygens (including phenoxy) is 2. The van der Waals surface area contributed by atoms with Crippen LogP contribution in [-0.2, 0) is 0 Å². The molecule has 0 fully saturated rings. The van der Waals surface area contributed by atoms with Crippen LogP contribution >= 0.6 is 11.3 Å². The highest BCUT2D eigenvalue weighted by Gasteiger charge is 2.11. The van der Waals surface area contributed by atoms with E-state index in [4.69, 9.17) is 9.47 Å². The zero-order valence-corrected chi connectivity index (χ0v) is 16.5. The number of hydrogen-bond donors (Lipinski definition) is 1. The van der Waals surface area contributed by atoms with Crippen LogP contribution in [0.25, 0.3) is 11.3 Å². The fourth-order valence-corrected chi connectivity index (χ4v) is 3.43. The van der Waals surface area contributed by atoms with Crippen LogP contribution in [0.1, 0.15) is 10.4 Å². The Kier molecular flexibility index (Phi) is 5.54. The Balaban J connectivity index is 1.45. The number of methoxy groups -OCH3 is 1. The lowest BCUT2D eigenvalue weighted by Gasteiger charge is -2.07. The number of nitrogens with one attached hydrogen (secondary N) is 1. The third kappa shape index (κ3) is 4.62. The fraction of sp³-hybridized carbons (Fsp3) is 0.0435. The van der Waals surface area contributed by atoms with Crippen LogP contribution in [0.15, 0.2) is 84.2 Å². The summed E-state index contributed by atoms with van der Waals surface area (Å²) in [5.41, 5.74) is 2.26. The van der Waals surface area contributed by atoms with Crippen molar-refractivity contribution in [1.29, 1.82) is 0 Å². The van der Waals surface area contributed by atoms with Crippen molar-refractivity contribution in [3.05, 3.63) is 89.8 Å². The van der Waals surface area contributed by atoms with E-state index in [1.807, 2.05) is 66.0 Å². The molecule has 0 spiro atoms. The van der Waals surface area contributed by atoms with Gasteiger partial charge < -0.3 is 9.47 Å². The number of carbonyl (C=O) groups is 1. The summed E-state index contributed by atoms with van der Waals surface area (Å²) in [4.78, 5) is 17.1. The summed E-state index contributed by atoms with van der Waals surface area (Å²) in [6, 6.07) is 24.1. The number of rotatable bonds is 6. The van der Waals surface area contributed by atoms with Crippen molar-refractivity contribution in [2.24, 2.45) is 0 Å². The smallest absolute Gasteiger partial charge is 0.257 e. The molecule has 0 aliphatic rings. The quantitative estimate of drug-likeness (QED) is 0.439. The van der Waals surface area contributed by atoms with Gasteiger partial charge in [-0.05, 0) is 54.6 Å². The van der Waals surface area contributed by atoms with Crippen molar-refractivity contribution in [3.8, 4) is 28.5 Å². The number of benzene rings is 3. The van der Waals surface area contributed by atoms with Gasteiger partial charge in [0.05, 0.1) is 12.8 Å². The predicted octanol–water partition coefficient (Wildman–Crippen LogP) is 5.86. The van der Waals surface area contributed by atoms with Crippen LogP contribution in [0.2, 0.25) is 0 Å². The Morgan fingerprint density at radius 2 is 1.66 bits per heavy atom. The first-order chi connectivity index (χ1) is 14.2. The van der Waals surface area contributed by atoms with Crippen molar-refractivity contribution in [1.82, 2.24) is 4.98 Å². The summed E-state index contributed by atoms with van der Waals surface area (Å²) in [6.07, 6.45) is 0. The molecule has 1 heterocycles. The number of nitrogens with zero attached hydrogens (tertiary/aromatic N) is 1. The van der Waals surface area contributed by atoms with Crippen molar-refractivity contribution in [2.45, 2.75) is 0 Å². The van der Waals surface area contributed by atoms with Gasteiger partial charge in [-0.15, -0.1) is 11.3 Å². The minimum Gasteiger partial charge on any atom is -0.497 e. The molecule has 144 valence electrons. The Morgan fingerprint density at radius 1 is 0.897 bits per heavy atom. The highest BCUT2D eigenvalue weighted by molar-refractivity contribution is 7.14. The highest BCUT2D eigenvalue weighted by Crippen LogP contribution is 2.27. The first kappa shape index (κ1) is 18.7. The highest BCUT2D eigenvalue weighted by atomic mass is 32.1. The SMILES string of the molecule is COc1ccc(-c2csc(NC(=O)c3cccc(Oc4ccccc4)c3)n2)cc1. The molecule has 1 N–H and O–H groups in total. The first-order valence-electron chi connectivity index (χ1n) is 8.95. The monoisotopic (exact) mass is 402 g/mol. The van der Waals surface area contributed by atoms with Gasteiger partial charge in [-0.1, -0.05) is 24.3 Å². The van der Waals surface area contributed by atoms with E-state index in [0.29, 0.717) is 22.2 Å². The summed E-state index contributed by atoms with van der Waals surface area (Å²) in [5.74, 6) is 1.87. The van der Waals surface area contributed by atoms with Gasteiger partial charge in [0.2, 0.25) is 0 Å². The maximum absolute atomic E-state index is 12.6. The van der Waals surface area contributed by atoms with Gasteiger partial charge in [0.1, 0.15) is 17.2 Å². The normalized spacial score (nSPS) is 10.4. The van der Waals surface area contributed by atoms with Gasteiger partial charge >= 0.3 is 0 Å². The molecular formula is C23H18N2O3S. The minimum absolute atomic E-state index is 0.237. The van der Waals surface area contributed by atoms with Crippen molar-refractivity contribution in [3.63, 3.8) is 0 Å². The first-order valence-corrected chi connectivity index (χ1v) is 9.83. The molecule has 0 saturated heterocycles. The predicted molar refractivity (Wildman–Crippen MR) is 115 cm³/mol. The van der Waals surface area contributed by atoms with Gasteiger partial charge in [-0.2, -0.15) is 0 Å². The fourth-order valence-electron chi connectivity index (χ4n) is 2.72. The maximum Gasteiger partial charge on any atom is 0.257 e. The Labute approximate surface area is 172 Å². The second-order valence-electron chi connectivity index (χ2n) is 6.16. The molecule has 0 aliphatic heterocycles. The minimum atomic E-state index is -0.237. The second-order valence-corrected chi connectivity index (χ2v) is 7.02. The lowest BCUT2D eigenvalue weighted by molar-refractivity contribution is 0.102. The van der Waals surface area contributed by atoms with E-state index < -0.39 is 0 Å². The maximum atomic E-state index is 12.6. The van der Waals surface area contributed by atoms with Crippen LogP contribution in [-0.4, -0.2) is 18.0 Å². The summed E-state index contributed by atoms with van der Waals surface area (Å²) < 4.78 is 11.0. The Bertz CT molecular complexity index is 1110. The average Bonchev–Trinajstić information content (AvgIpc) is 3.23. The molecule has 3 aromatic carbocycles. The molecule has 29 heavy (non-hydrogen) atoms.